The summed E-state index contributed by atoms with van der Waals surface area (Å²) in [5.41, 5.74) is 1.99. The Labute approximate surface area is 160 Å². The Balaban J connectivity index is 1.25. The molecule has 0 spiro atoms. The first kappa shape index (κ1) is 18.3. The van der Waals surface area contributed by atoms with E-state index < -0.39 is 0 Å². The van der Waals surface area contributed by atoms with Gasteiger partial charge >= 0.3 is 0 Å². The topological polar surface area (TPSA) is 67.2 Å². The summed E-state index contributed by atoms with van der Waals surface area (Å²) in [6.07, 6.45) is 5.70. The first-order chi connectivity index (χ1) is 13.2. The maximum absolute atomic E-state index is 11.9. The lowest BCUT2D eigenvalue weighted by Gasteiger charge is -2.34. The number of hydrogen-bond acceptors (Lipinski definition) is 6. The second-order valence-corrected chi connectivity index (χ2v) is 7.69. The molecule has 0 bridgehead atoms. The van der Waals surface area contributed by atoms with Crippen molar-refractivity contribution in [1.82, 2.24) is 29.5 Å². The number of hydrogen-bond donors (Lipinski definition) is 0. The standard InChI is InChI=1S/C20H28N6O/c1-16-5-6-19(27)26(23-16)14-13-24-9-11-25(12-10-24)15-18-7-8-21-20(22-18)17-3-2-4-17/h5-8,17H,2-4,9-15H2,1H3. The molecule has 4 rings (SSSR count). The minimum absolute atomic E-state index is 0.0229. The molecule has 0 atom stereocenters. The minimum Gasteiger partial charge on any atom is -0.299 e. The normalized spacial score (nSPS) is 19.1. The lowest BCUT2D eigenvalue weighted by Crippen LogP contribution is -2.47. The summed E-state index contributed by atoms with van der Waals surface area (Å²) in [4.78, 5) is 26.0. The molecule has 144 valence electrons. The van der Waals surface area contributed by atoms with Gasteiger partial charge in [-0.2, -0.15) is 5.10 Å². The Bertz CT molecular complexity index is 823. The summed E-state index contributed by atoms with van der Waals surface area (Å²) in [7, 11) is 0. The lowest BCUT2D eigenvalue weighted by atomic mass is 9.85. The lowest BCUT2D eigenvalue weighted by molar-refractivity contribution is 0.121. The summed E-state index contributed by atoms with van der Waals surface area (Å²) in [6.45, 7) is 8.41. The molecule has 2 aliphatic rings. The molecule has 2 aromatic rings. The van der Waals surface area contributed by atoms with Crippen molar-refractivity contribution in [3.05, 3.63) is 52.0 Å². The van der Waals surface area contributed by atoms with Crippen LogP contribution in [0.2, 0.25) is 0 Å². The fraction of sp³-hybridized carbons (Fsp3) is 0.600. The Hall–Kier alpha value is -2.12. The molecule has 2 fully saturated rings. The average molecular weight is 368 g/mol. The van der Waals surface area contributed by atoms with Crippen LogP contribution >= 0.6 is 0 Å². The molecule has 0 unspecified atom stereocenters. The van der Waals surface area contributed by atoms with Crippen molar-refractivity contribution in [3.8, 4) is 0 Å². The van der Waals surface area contributed by atoms with E-state index in [1.54, 1.807) is 16.8 Å². The van der Waals surface area contributed by atoms with E-state index in [-0.39, 0.29) is 5.56 Å². The summed E-state index contributed by atoms with van der Waals surface area (Å²) < 4.78 is 1.57. The highest BCUT2D eigenvalue weighted by Gasteiger charge is 2.23. The zero-order chi connectivity index (χ0) is 18.6. The first-order valence-electron chi connectivity index (χ1n) is 9.99. The third-order valence-corrected chi connectivity index (χ3v) is 5.68. The second-order valence-electron chi connectivity index (χ2n) is 7.69. The van der Waals surface area contributed by atoms with Gasteiger partial charge in [0.2, 0.25) is 0 Å². The number of nitrogens with zero attached hydrogens (tertiary/aromatic N) is 6. The van der Waals surface area contributed by atoms with E-state index in [1.807, 2.05) is 19.2 Å². The minimum atomic E-state index is -0.0229. The van der Waals surface area contributed by atoms with Crippen LogP contribution in [0.3, 0.4) is 0 Å². The Morgan fingerprint density at radius 1 is 1.04 bits per heavy atom. The maximum atomic E-state index is 11.9. The molecule has 1 saturated heterocycles. The predicted molar refractivity (Wildman–Crippen MR) is 104 cm³/mol. The number of aryl methyl sites for hydroxylation is 1. The van der Waals surface area contributed by atoms with Gasteiger partial charge in [-0.1, -0.05) is 6.42 Å². The van der Waals surface area contributed by atoms with Gasteiger partial charge in [-0.25, -0.2) is 14.6 Å². The monoisotopic (exact) mass is 368 g/mol. The molecular formula is C20H28N6O. The number of piperazine rings is 1. The van der Waals surface area contributed by atoms with Crippen LogP contribution in [0.15, 0.2) is 29.2 Å². The van der Waals surface area contributed by atoms with Gasteiger partial charge in [0.25, 0.3) is 5.56 Å². The third-order valence-electron chi connectivity index (χ3n) is 5.68. The fourth-order valence-corrected chi connectivity index (χ4v) is 3.71. The van der Waals surface area contributed by atoms with Crippen LogP contribution < -0.4 is 5.56 Å². The van der Waals surface area contributed by atoms with Crippen molar-refractivity contribution in [2.24, 2.45) is 0 Å². The quantitative estimate of drug-likeness (QED) is 0.768. The molecule has 1 saturated carbocycles. The van der Waals surface area contributed by atoms with Crippen LogP contribution in [0.5, 0.6) is 0 Å². The van der Waals surface area contributed by atoms with Gasteiger partial charge < -0.3 is 0 Å². The molecule has 3 heterocycles. The Morgan fingerprint density at radius 3 is 2.56 bits per heavy atom. The fourth-order valence-electron chi connectivity index (χ4n) is 3.71. The zero-order valence-corrected chi connectivity index (χ0v) is 16.0. The van der Waals surface area contributed by atoms with Gasteiger partial charge in [0.1, 0.15) is 5.82 Å². The number of aromatic nitrogens is 4. The van der Waals surface area contributed by atoms with E-state index in [0.717, 1.165) is 56.5 Å². The van der Waals surface area contributed by atoms with Crippen molar-refractivity contribution in [1.29, 1.82) is 0 Å². The molecule has 2 aromatic heterocycles. The van der Waals surface area contributed by atoms with E-state index in [2.05, 4.69) is 19.9 Å². The van der Waals surface area contributed by atoms with Crippen LogP contribution in [0, 0.1) is 6.92 Å². The van der Waals surface area contributed by atoms with Crippen LogP contribution in [-0.2, 0) is 13.1 Å². The summed E-state index contributed by atoms with van der Waals surface area (Å²) in [5, 5.41) is 4.31. The largest absolute Gasteiger partial charge is 0.299 e. The molecular weight excluding hydrogens is 340 g/mol. The van der Waals surface area contributed by atoms with Gasteiger partial charge in [-0.3, -0.25) is 14.6 Å². The molecule has 0 N–H and O–H groups in total. The van der Waals surface area contributed by atoms with E-state index >= 15 is 0 Å². The van der Waals surface area contributed by atoms with Crippen LogP contribution in [0.4, 0.5) is 0 Å². The molecule has 1 aliphatic carbocycles. The van der Waals surface area contributed by atoms with Crippen LogP contribution in [-0.4, -0.2) is 62.3 Å². The smallest absolute Gasteiger partial charge is 0.266 e. The van der Waals surface area contributed by atoms with Gasteiger partial charge in [0.05, 0.1) is 17.9 Å². The molecule has 0 radical (unpaired) electrons. The molecule has 7 nitrogen and oxygen atoms in total. The van der Waals surface area contributed by atoms with Crippen molar-refractivity contribution < 1.29 is 0 Å². The Kier molecular flexibility index (Phi) is 5.59. The molecule has 1 aliphatic heterocycles. The van der Waals surface area contributed by atoms with Crippen LogP contribution in [0.25, 0.3) is 0 Å². The Morgan fingerprint density at radius 2 is 1.81 bits per heavy atom. The van der Waals surface area contributed by atoms with Gasteiger partial charge in [0, 0.05) is 57.4 Å². The zero-order valence-electron chi connectivity index (χ0n) is 16.0. The van der Waals surface area contributed by atoms with Crippen molar-refractivity contribution in [3.63, 3.8) is 0 Å². The first-order valence-corrected chi connectivity index (χ1v) is 9.99. The number of rotatable bonds is 6. The summed E-state index contributed by atoms with van der Waals surface area (Å²) >= 11 is 0. The molecule has 27 heavy (non-hydrogen) atoms. The summed E-state index contributed by atoms with van der Waals surface area (Å²) in [6, 6.07) is 5.41. The van der Waals surface area contributed by atoms with E-state index in [4.69, 9.17) is 4.98 Å². The molecule has 0 aromatic carbocycles. The van der Waals surface area contributed by atoms with Gasteiger partial charge in [0.15, 0.2) is 0 Å². The third kappa shape index (κ3) is 4.59. The van der Waals surface area contributed by atoms with Crippen molar-refractivity contribution in [2.75, 3.05) is 32.7 Å². The summed E-state index contributed by atoms with van der Waals surface area (Å²) in [5.74, 6) is 1.62. The maximum Gasteiger partial charge on any atom is 0.266 e. The molecule has 7 heteroatoms. The van der Waals surface area contributed by atoms with Crippen molar-refractivity contribution >= 4 is 0 Å². The highest BCUT2D eigenvalue weighted by Crippen LogP contribution is 2.34. The van der Waals surface area contributed by atoms with E-state index in [1.165, 1.54) is 19.3 Å². The van der Waals surface area contributed by atoms with Gasteiger partial charge in [-0.05, 0) is 31.9 Å². The molecule has 0 amide bonds. The highest BCUT2D eigenvalue weighted by atomic mass is 16.1. The van der Waals surface area contributed by atoms with E-state index in [0.29, 0.717) is 12.5 Å². The highest BCUT2D eigenvalue weighted by molar-refractivity contribution is 5.08. The van der Waals surface area contributed by atoms with Gasteiger partial charge in [-0.15, -0.1) is 0 Å². The predicted octanol–water partition coefficient (Wildman–Crippen LogP) is 1.43. The average Bonchev–Trinajstić information content (AvgIpc) is 2.63. The SMILES string of the molecule is Cc1ccc(=O)n(CCN2CCN(Cc3ccnc(C4CCC4)n3)CC2)n1. The van der Waals surface area contributed by atoms with E-state index in [9.17, 15) is 4.79 Å². The van der Waals surface area contributed by atoms with Crippen molar-refractivity contribution in [2.45, 2.75) is 45.2 Å². The van der Waals surface area contributed by atoms with Crippen LogP contribution in [0.1, 0.15) is 42.4 Å². The second kappa shape index (κ2) is 8.27.